The number of hydrogen-bond donors (Lipinski definition) is 1. The van der Waals surface area contributed by atoms with Crippen molar-refractivity contribution in [1.29, 1.82) is 0 Å². The summed E-state index contributed by atoms with van der Waals surface area (Å²) in [5.74, 6) is 0.869. The molecular weight excluding hydrogens is 254 g/mol. The zero-order chi connectivity index (χ0) is 14.8. The van der Waals surface area contributed by atoms with Crippen LogP contribution in [0.2, 0.25) is 0 Å². The highest BCUT2D eigenvalue weighted by Gasteiger charge is 2.08. The Bertz CT molecular complexity index is 382. The zero-order valence-corrected chi connectivity index (χ0v) is 13.1. The minimum atomic E-state index is 0.0806. The van der Waals surface area contributed by atoms with E-state index in [2.05, 4.69) is 24.4 Å². The molecule has 0 saturated carbocycles. The first-order valence-corrected chi connectivity index (χ1v) is 7.27. The molecule has 0 fully saturated rings. The maximum Gasteiger partial charge on any atom is 0.124 e. The van der Waals surface area contributed by atoms with E-state index in [1.54, 1.807) is 7.11 Å². The van der Waals surface area contributed by atoms with Gasteiger partial charge in [-0.2, -0.15) is 0 Å². The molecule has 0 aliphatic heterocycles. The summed E-state index contributed by atoms with van der Waals surface area (Å²) in [6.07, 6.45) is 0.0806. The fourth-order valence-corrected chi connectivity index (χ4v) is 1.89. The third-order valence-electron chi connectivity index (χ3n) is 3.00. The minimum absolute atomic E-state index is 0.0806. The third kappa shape index (κ3) is 5.90. The Morgan fingerprint density at radius 3 is 2.70 bits per heavy atom. The molecule has 20 heavy (non-hydrogen) atoms. The first kappa shape index (κ1) is 17.0. The number of nitrogens with one attached hydrogen (secondary N) is 1. The lowest BCUT2D eigenvalue weighted by molar-refractivity contribution is -0.0122. The van der Waals surface area contributed by atoms with Gasteiger partial charge in [0.1, 0.15) is 5.75 Å². The molecule has 1 N–H and O–H groups in total. The molecule has 4 heteroatoms. The quantitative estimate of drug-likeness (QED) is 0.716. The van der Waals surface area contributed by atoms with E-state index in [0.717, 1.165) is 31.0 Å². The van der Waals surface area contributed by atoms with E-state index in [1.807, 2.05) is 19.9 Å². The minimum Gasteiger partial charge on any atom is -0.496 e. The highest BCUT2D eigenvalue weighted by atomic mass is 16.5. The largest absolute Gasteiger partial charge is 0.496 e. The van der Waals surface area contributed by atoms with Crippen LogP contribution >= 0.6 is 0 Å². The lowest BCUT2D eigenvalue weighted by Gasteiger charge is -2.15. The number of benzene rings is 1. The SMILES string of the molecule is CCNCc1ccc(OC)c(COC(C)COCC)c1. The van der Waals surface area contributed by atoms with Gasteiger partial charge in [-0.25, -0.2) is 0 Å². The summed E-state index contributed by atoms with van der Waals surface area (Å²) in [5, 5.41) is 3.32. The molecule has 0 bridgehead atoms. The average molecular weight is 281 g/mol. The van der Waals surface area contributed by atoms with Crippen LogP contribution in [-0.2, 0) is 22.6 Å². The summed E-state index contributed by atoms with van der Waals surface area (Å²) in [6.45, 7) is 9.81. The van der Waals surface area contributed by atoms with Gasteiger partial charge < -0.3 is 19.5 Å². The van der Waals surface area contributed by atoms with E-state index in [0.29, 0.717) is 13.2 Å². The topological polar surface area (TPSA) is 39.7 Å². The number of rotatable bonds is 10. The van der Waals surface area contributed by atoms with Gasteiger partial charge in [-0.1, -0.05) is 13.0 Å². The Labute approximate surface area is 122 Å². The molecule has 4 nitrogen and oxygen atoms in total. The molecule has 0 amide bonds. The standard InChI is InChI=1S/C16H27NO3/c1-5-17-10-14-7-8-16(18-4)15(9-14)12-20-13(3)11-19-6-2/h7-9,13,17H,5-6,10-12H2,1-4H3. The Morgan fingerprint density at radius 1 is 1.25 bits per heavy atom. The van der Waals surface area contributed by atoms with Gasteiger partial charge in [-0.05, 0) is 38.1 Å². The maximum atomic E-state index is 5.81. The predicted molar refractivity (Wildman–Crippen MR) is 81.1 cm³/mol. The fraction of sp³-hybridized carbons (Fsp3) is 0.625. The number of ether oxygens (including phenoxy) is 3. The first-order chi connectivity index (χ1) is 9.71. The van der Waals surface area contributed by atoms with Gasteiger partial charge in [-0.3, -0.25) is 0 Å². The lowest BCUT2D eigenvalue weighted by atomic mass is 10.1. The molecule has 0 aliphatic carbocycles. The van der Waals surface area contributed by atoms with Crippen LogP contribution in [0.1, 0.15) is 31.9 Å². The van der Waals surface area contributed by atoms with Gasteiger partial charge in [0, 0.05) is 18.7 Å². The fourth-order valence-electron chi connectivity index (χ4n) is 1.89. The van der Waals surface area contributed by atoms with Gasteiger partial charge in [0.15, 0.2) is 0 Å². The summed E-state index contributed by atoms with van der Waals surface area (Å²) < 4.78 is 16.5. The molecule has 1 unspecified atom stereocenters. The van der Waals surface area contributed by atoms with Crippen LogP contribution in [0, 0.1) is 0 Å². The molecule has 0 spiro atoms. The van der Waals surface area contributed by atoms with Crippen molar-refractivity contribution < 1.29 is 14.2 Å². The van der Waals surface area contributed by atoms with E-state index in [4.69, 9.17) is 14.2 Å². The zero-order valence-electron chi connectivity index (χ0n) is 13.1. The predicted octanol–water partition coefficient (Wildman–Crippen LogP) is 2.75. The van der Waals surface area contributed by atoms with Crippen molar-refractivity contribution in [2.75, 3.05) is 26.9 Å². The van der Waals surface area contributed by atoms with Gasteiger partial charge in [-0.15, -0.1) is 0 Å². The second-order valence-corrected chi connectivity index (χ2v) is 4.71. The highest BCUT2D eigenvalue weighted by Crippen LogP contribution is 2.21. The summed E-state index contributed by atoms with van der Waals surface area (Å²) >= 11 is 0. The normalized spacial score (nSPS) is 12.4. The van der Waals surface area contributed by atoms with Gasteiger partial charge in [0.2, 0.25) is 0 Å². The van der Waals surface area contributed by atoms with Crippen LogP contribution in [0.4, 0.5) is 0 Å². The van der Waals surface area contributed by atoms with Crippen molar-refractivity contribution in [3.05, 3.63) is 29.3 Å². The lowest BCUT2D eigenvalue weighted by Crippen LogP contribution is -2.16. The van der Waals surface area contributed by atoms with Crippen molar-refractivity contribution >= 4 is 0 Å². The molecule has 0 aromatic heterocycles. The van der Waals surface area contributed by atoms with Crippen LogP contribution in [0.25, 0.3) is 0 Å². The first-order valence-electron chi connectivity index (χ1n) is 7.27. The Hall–Kier alpha value is -1.10. The smallest absolute Gasteiger partial charge is 0.124 e. The molecule has 0 heterocycles. The second-order valence-electron chi connectivity index (χ2n) is 4.71. The van der Waals surface area contributed by atoms with Crippen molar-refractivity contribution in [2.45, 2.75) is 40.0 Å². The second kappa shape index (κ2) is 9.75. The number of hydrogen-bond acceptors (Lipinski definition) is 4. The van der Waals surface area contributed by atoms with Crippen LogP contribution < -0.4 is 10.1 Å². The summed E-state index contributed by atoms with van der Waals surface area (Å²) in [7, 11) is 1.69. The summed E-state index contributed by atoms with van der Waals surface area (Å²) in [5.41, 5.74) is 2.31. The van der Waals surface area contributed by atoms with E-state index < -0.39 is 0 Å². The summed E-state index contributed by atoms with van der Waals surface area (Å²) in [4.78, 5) is 0. The van der Waals surface area contributed by atoms with Crippen LogP contribution in [0.15, 0.2) is 18.2 Å². The van der Waals surface area contributed by atoms with E-state index in [-0.39, 0.29) is 6.10 Å². The number of methoxy groups -OCH3 is 1. The van der Waals surface area contributed by atoms with Crippen molar-refractivity contribution in [1.82, 2.24) is 5.32 Å². The van der Waals surface area contributed by atoms with E-state index in [1.165, 1.54) is 5.56 Å². The highest BCUT2D eigenvalue weighted by molar-refractivity contribution is 5.36. The molecule has 1 aromatic rings. The van der Waals surface area contributed by atoms with Crippen molar-refractivity contribution in [3.8, 4) is 5.75 Å². The average Bonchev–Trinajstić information content (AvgIpc) is 2.48. The molecule has 1 atom stereocenters. The van der Waals surface area contributed by atoms with E-state index in [9.17, 15) is 0 Å². The Balaban J connectivity index is 2.60. The van der Waals surface area contributed by atoms with Crippen molar-refractivity contribution in [2.24, 2.45) is 0 Å². The summed E-state index contributed by atoms with van der Waals surface area (Å²) in [6, 6.07) is 6.21. The van der Waals surface area contributed by atoms with Gasteiger partial charge in [0.05, 0.1) is 26.4 Å². The third-order valence-corrected chi connectivity index (χ3v) is 3.00. The molecule has 0 aliphatic rings. The molecule has 1 aromatic carbocycles. The molecule has 0 radical (unpaired) electrons. The van der Waals surface area contributed by atoms with Crippen LogP contribution in [0.3, 0.4) is 0 Å². The Kier molecular flexibility index (Phi) is 8.26. The van der Waals surface area contributed by atoms with Crippen molar-refractivity contribution in [3.63, 3.8) is 0 Å². The van der Waals surface area contributed by atoms with Gasteiger partial charge in [0.25, 0.3) is 0 Å². The molecular formula is C16H27NO3. The van der Waals surface area contributed by atoms with Gasteiger partial charge >= 0.3 is 0 Å². The maximum absolute atomic E-state index is 5.81. The Morgan fingerprint density at radius 2 is 2.05 bits per heavy atom. The monoisotopic (exact) mass is 281 g/mol. The van der Waals surface area contributed by atoms with Crippen LogP contribution in [0.5, 0.6) is 5.75 Å². The molecule has 1 rings (SSSR count). The van der Waals surface area contributed by atoms with Crippen LogP contribution in [-0.4, -0.2) is 33.0 Å². The molecule has 114 valence electrons. The molecule has 0 saturated heterocycles. The van der Waals surface area contributed by atoms with E-state index >= 15 is 0 Å².